The topological polar surface area (TPSA) is 17.3 Å². The Labute approximate surface area is 153 Å². The molecule has 2 aliphatic rings. The van der Waals surface area contributed by atoms with Crippen molar-refractivity contribution in [2.75, 3.05) is 33.2 Å². The molecule has 0 aromatic carbocycles. The molecule has 11 heteroatoms. The van der Waals surface area contributed by atoms with Gasteiger partial charge in [0.05, 0.1) is 0 Å². The van der Waals surface area contributed by atoms with E-state index in [0.29, 0.717) is 0 Å². The Bertz CT molecular complexity index is 256. The molecule has 7 radical (unpaired) electrons. The van der Waals surface area contributed by atoms with Crippen LogP contribution >= 0.6 is 7.81 Å². The van der Waals surface area contributed by atoms with Crippen molar-refractivity contribution in [2.45, 2.75) is 6.42 Å². The van der Waals surface area contributed by atoms with E-state index in [1.54, 1.807) is 0 Å². The molecule has 0 unspecified atom stereocenters. The van der Waals surface area contributed by atoms with Gasteiger partial charge in [-0.3, -0.25) is 0 Å². The molecular weight excluding hydrogens is 454 g/mol. The van der Waals surface area contributed by atoms with Crippen molar-refractivity contribution in [3.05, 3.63) is 43.8 Å². The van der Waals surface area contributed by atoms with E-state index >= 15 is 0 Å². The van der Waals surface area contributed by atoms with Crippen LogP contribution in [-0.2, 0) is 19.5 Å². The van der Waals surface area contributed by atoms with Crippen LogP contribution in [0.1, 0.15) is 6.42 Å². The minimum absolute atomic E-state index is 0. The largest absolute Gasteiger partial charge is 3.00 e. The van der Waals surface area contributed by atoms with Gasteiger partial charge in [0, 0.05) is 0 Å². The summed E-state index contributed by atoms with van der Waals surface area (Å²) in [7, 11) is -8.50. The van der Waals surface area contributed by atoms with Crippen molar-refractivity contribution in [1.82, 2.24) is 4.90 Å². The Morgan fingerprint density at radius 1 is 0.783 bits per heavy atom. The molecule has 1 aliphatic heterocycles. The molecule has 1 heterocycles. The average molecular weight is 473 g/mol. The van der Waals surface area contributed by atoms with E-state index < -0.39 is 7.81 Å². The fourth-order valence-electron chi connectivity index (χ4n) is 1.30. The van der Waals surface area contributed by atoms with Gasteiger partial charge in [-0.25, -0.2) is 0 Å². The predicted octanol–water partition coefficient (Wildman–Crippen LogP) is 2.31. The zero-order valence-corrected chi connectivity index (χ0v) is 15.7. The second-order valence-corrected chi connectivity index (χ2v) is 6.36. The average Bonchev–Trinajstić information content (AvgIpc) is 2.56. The van der Waals surface area contributed by atoms with Crippen molar-refractivity contribution >= 4 is 7.81 Å². The van der Waals surface area contributed by atoms with Gasteiger partial charge in [-0.1, -0.05) is 6.42 Å². The fraction of sp³-hybridized carbons (Fsp3) is 0.500. The van der Waals surface area contributed by atoms with Crippen LogP contribution in [0, 0.1) is 38.5 Å². The molecule has 0 spiro atoms. The van der Waals surface area contributed by atoms with Crippen molar-refractivity contribution in [1.29, 1.82) is 0 Å². The molecule has 2 rings (SSSR count). The van der Waals surface area contributed by atoms with E-state index in [1.165, 1.54) is 13.0 Å². The maximum atomic E-state index is 9.87. The van der Waals surface area contributed by atoms with Gasteiger partial charge in [0.1, 0.15) is 0 Å². The van der Waals surface area contributed by atoms with Gasteiger partial charge in [-0.2, -0.15) is 0 Å². The second kappa shape index (κ2) is 11.5. The second-order valence-electron chi connectivity index (χ2n) is 4.44. The molecule has 2 fully saturated rings. The van der Waals surface area contributed by atoms with Gasteiger partial charge in [-0.15, -0.1) is 13.1 Å². The standard InChI is InChI=1S/C6H13N2.C6H6.ClH.F6P.Ru/c1-8-5-2-3-7-4-6-8;1-2-4-6-5-3-1;;1-7(2,3,4,5)6;/h2-6H2,1H3;1-6H;1H;;/q-1;;;-1;+3/p-1. The van der Waals surface area contributed by atoms with Crippen LogP contribution in [0.4, 0.5) is 25.2 Å². The van der Waals surface area contributed by atoms with E-state index in [1.807, 2.05) is 38.5 Å². The molecule has 0 atom stereocenters. The van der Waals surface area contributed by atoms with E-state index in [0.717, 1.165) is 19.6 Å². The molecule has 0 bridgehead atoms. The number of hydrogen-bond acceptors (Lipinski definition) is 1. The van der Waals surface area contributed by atoms with Crippen LogP contribution in [-0.4, -0.2) is 38.1 Å². The summed E-state index contributed by atoms with van der Waals surface area (Å²) < 4.78 is 59.2. The third-order valence-corrected chi connectivity index (χ3v) is 2.16. The molecule has 2 nitrogen and oxygen atoms in total. The molecule has 0 aromatic rings. The van der Waals surface area contributed by atoms with Crippen molar-refractivity contribution in [3.63, 3.8) is 0 Å². The quantitative estimate of drug-likeness (QED) is 0.300. The van der Waals surface area contributed by atoms with Crippen LogP contribution < -0.4 is 12.4 Å². The zero-order valence-electron chi connectivity index (χ0n) is 12.3. The maximum absolute atomic E-state index is 10.7. The van der Waals surface area contributed by atoms with Gasteiger partial charge in [0.25, 0.3) is 0 Å². The summed E-state index contributed by atoms with van der Waals surface area (Å²) in [5.74, 6) is 0. The first kappa shape index (κ1) is 28.6. The summed E-state index contributed by atoms with van der Waals surface area (Å²) in [4.78, 5) is 2.33. The number of likely N-dealkylation sites (N-methyl/N-ethyl adjacent to an activating group) is 1. The molecule has 1 saturated carbocycles. The smallest absolute Gasteiger partial charge is 1.00 e. The summed E-state index contributed by atoms with van der Waals surface area (Å²) in [6.45, 7) is 4.49. The molecular formula is C12H19ClF6N2PRu. The Morgan fingerprint density at radius 3 is 1.48 bits per heavy atom. The van der Waals surface area contributed by atoms with Crippen LogP contribution in [0.15, 0.2) is 0 Å². The Hall–Kier alpha value is 0.843. The monoisotopic (exact) mass is 473 g/mol. The minimum Gasteiger partial charge on any atom is -1.00 e. The van der Waals surface area contributed by atoms with Gasteiger partial charge < -0.3 is 22.6 Å². The van der Waals surface area contributed by atoms with E-state index in [-0.39, 0.29) is 31.9 Å². The SMILES string of the molecule is CN1CCC[N-]CC1.F[P-](F)(F)(F)(F)F.[CH]1[CH][CH][CH][CH][CH]1.[Cl-].[Ru+3]. The molecule has 23 heavy (non-hydrogen) atoms. The summed E-state index contributed by atoms with van der Waals surface area (Å²) in [5, 5.41) is 4.28. The molecule has 0 aromatic heterocycles. The zero-order chi connectivity index (χ0) is 16.5. The number of hydrogen-bond donors (Lipinski definition) is 0. The van der Waals surface area contributed by atoms with Crippen LogP contribution in [0.3, 0.4) is 0 Å². The number of nitrogens with zero attached hydrogens (tertiary/aromatic N) is 2. The van der Waals surface area contributed by atoms with E-state index in [4.69, 9.17) is 0 Å². The number of halogens is 7. The molecule has 1 saturated heterocycles. The Morgan fingerprint density at radius 2 is 1.13 bits per heavy atom. The van der Waals surface area contributed by atoms with Gasteiger partial charge in [-0.05, 0) is 58.7 Å². The molecule has 1 aliphatic carbocycles. The van der Waals surface area contributed by atoms with Crippen molar-refractivity contribution in [3.8, 4) is 0 Å². The van der Waals surface area contributed by atoms with Crippen LogP contribution in [0.5, 0.6) is 0 Å². The summed E-state index contributed by atoms with van der Waals surface area (Å²) in [6.07, 6.45) is 13.2. The summed E-state index contributed by atoms with van der Waals surface area (Å²) in [5.41, 5.74) is 0. The molecule has 0 N–H and O–H groups in total. The first-order chi connectivity index (χ1) is 9.34. The van der Waals surface area contributed by atoms with Crippen LogP contribution in [0.2, 0.25) is 0 Å². The normalized spacial score (nSPS) is 22.0. The third kappa shape index (κ3) is 39.5. The minimum atomic E-state index is -10.7. The maximum Gasteiger partial charge on any atom is 3.00 e. The Kier molecular flexibility index (Phi) is 14.3. The predicted molar refractivity (Wildman–Crippen MR) is 74.6 cm³/mol. The van der Waals surface area contributed by atoms with Crippen molar-refractivity contribution in [2.24, 2.45) is 0 Å². The first-order valence-electron chi connectivity index (χ1n) is 6.23. The van der Waals surface area contributed by atoms with Crippen molar-refractivity contribution < 1.29 is 57.1 Å². The molecule has 139 valence electrons. The van der Waals surface area contributed by atoms with Gasteiger partial charge >= 0.3 is 52.5 Å². The van der Waals surface area contributed by atoms with Gasteiger partial charge in [0.15, 0.2) is 0 Å². The number of rotatable bonds is 0. The fourth-order valence-corrected chi connectivity index (χ4v) is 1.30. The van der Waals surface area contributed by atoms with Gasteiger partial charge in [0.2, 0.25) is 0 Å². The summed E-state index contributed by atoms with van der Waals surface area (Å²) in [6, 6.07) is 0. The van der Waals surface area contributed by atoms with Crippen LogP contribution in [0.25, 0.3) is 5.32 Å². The first-order valence-corrected chi connectivity index (χ1v) is 8.25. The Balaban J connectivity index is -0.000000252. The summed E-state index contributed by atoms with van der Waals surface area (Å²) >= 11 is 0. The molecule has 0 amide bonds. The van der Waals surface area contributed by atoms with E-state index in [2.05, 4.69) is 17.3 Å². The van der Waals surface area contributed by atoms with E-state index in [9.17, 15) is 25.2 Å². The third-order valence-electron chi connectivity index (χ3n) is 2.16.